The Kier molecular flexibility index (Phi) is 6.99. The van der Waals surface area contributed by atoms with E-state index in [2.05, 4.69) is 65.8 Å². The number of benzene rings is 1. The average Bonchev–Trinajstić information content (AvgIpc) is 3.54. The van der Waals surface area contributed by atoms with Gasteiger partial charge in [-0.15, -0.1) is 0 Å². The summed E-state index contributed by atoms with van der Waals surface area (Å²) in [6, 6.07) is 14.0. The number of carbonyl (C=O) groups excluding carboxylic acids is 2. The minimum Gasteiger partial charge on any atom is -0.384 e. The molecule has 2 fully saturated rings. The number of rotatable bonds is 7. The van der Waals surface area contributed by atoms with E-state index in [1.807, 2.05) is 12.3 Å². The molecule has 0 atom stereocenters. The second-order valence-corrected chi connectivity index (χ2v) is 10.7. The highest BCUT2D eigenvalue weighted by molar-refractivity contribution is 8.18. The first kappa shape index (κ1) is 25.1. The number of nitrogens with one attached hydrogen (secondary N) is 3. The number of hydrogen-bond acceptors (Lipinski definition) is 9. The number of aromatic amines is 1. The highest BCUT2D eigenvalue weighted by Crippen LogP contribution is 2.28. The maximum absolute atomic E-state index is 11.8. The first-order valence-electron chi connectivity index (χ1n) is 12.9. The average molecular weight is 541 g/mol. The summed E-state index contributed by atoms with van der Waals surface area (Å²) in [4.78, 5) is 42.7. The number of nitrogens with zero attached hydrogens (tertiary/aromatic N) is 4. The Hall–Kier alpha value is -4.22. The van der Waals surface area contributed by atoms with Crippen LogP contribution in [0.4, 0.5) is 16.6 Å². The molecule has 2 aliphatic rings. The van der Waals surface area contributed by atoms with Gasteiger partial charge in [0.05, 0.1) is 16.3 Å². The molecule has 5 heterocycles. The minimum atomic E-state index is -0.387. The number of piperidine rings is 1. The first-order chi connectivity index (χ1) is 19.0. The van der Waals surface area contributed by atoms with E-state index in [1.54, 1.807) is 18.3 Å². The van der Waals surface area contributed by atoms with Gasteiger partial charge in [-0.05, 0) is 79.0 Å². The van der Waals surface area contributed by atoms with Crippen molar-refractivity contribution in [1.29, 1.82) is 0 Å². The summed E-state index contributed by atoms with van der Waals surface area (Å²) in [5.41, 5.74) is 10.8. The Morgan fingerprint density at radius 3 is 2.79 bits per heavy atom. The van der Waals surface area contributed by atoms with Gasteiger partial charge in [0.2, 0.25) is 5.95 Å². The fraction of sp³-hybridized carbons (Fsp3) is 0.250. The number of amides is 2. The number of aromatic nitrogens is 4. The van der Waals surface area contributed by atoms with Gasteiger partial charge in [0.15, 0.2) is 0 Å². The summed E-state index contributed by atoms with van der Waals surface area (Å²) in [5, 5.41) is 6.68. The molecule has 0 radical (unpaired) electrons. The van der Waals surface area contributed by atoms with Crippen molar-refractivity contribution in [3.63, 3.8) is 0 Å². The topological polar surface area (TPSA) is 142 Å². The molecule has 2 aliphatic heterocycles. The molecule has 3 aromatic heterocycles. The molecule has 0 spiro atoms. The van der Waals surface area contributed by atoms with Gasteiger partial charge in [0, 0.05) is 48.5 Å². The van der Waals surface area contributed by atoms with Crippen molar-refractivity contribution in [2.45, 2.75) is 19.4 Å². The summed E-state index contributed by atoms with van der Waals surface area (Å²) in [5.74, 6) is 1.30. The van der Waals surface area contributed by atoms with Crippen LogP contribution in [0, 0.1) is 5.92 Å². The van der Waals surface area contributed by atoms with Gasteiger partial charge in [0.1, 0.15) is 5.82 Å². The van der Waals surface area contributed by atoms with E-state index in [0.717, 1.165) is 72.0 Å². The van der Waals surface area contributed by atoms with Crippen LogP contribution in [0.1, 0.15) is 24.1 Å². The van der Waals surface area contributed by atoms with Gasteiger partial charge in [0.25, 0.3) is 11.1 Å². The number of thioether (sulfide) groups is 1. The van der Waals surface area contributed by atoms with Crippen molar-refractivity contribution in [3.8, 4) is 11.3 Å². The maximum Gasteiger partial charge on any atom is 0.290 e. The molecule has 4 aromatic rings. The Labute approximate surface area is 229 Å². The lowest BCUT2D eigenvalue weighted by atomic mass is 9.96. The van der Waals surface area contributed by atoms with E-state index in [4.69, 9.17) is 5.73 Å². The Morgan fingerprint density at radius 1 is 1.10 bits per heavy atom. The van der Waals surface area contributed by atoms with Gasteiger partial charge in [-0.2, -0.15) is 0 Å². The number of fused-ring (bicyclic) bond motifs is 1. The van der Waals surface area contributed by atoms with E-state index in [1.165, 1.54) is 0 Å². The molecule has 2 amide bonds. The summed E-state index contributed by atoms with van der Waals surface area (Å²) in [6.07, 6.45) is 7.29. The van der Waals surface area contributed by atoms with E-state index >= 15 is 0 Å². The maximum atomic E-state index is 11.8. The van der Waals surface area contributed by atoms with Crippen LogP contribution in [-0.2, 0) is 11.3 Å². The van der Waals surface area contributed by atoms with Crippen LogP contribution in [0.5, 0.6) is 0 Å². The van der Waals surface area contributed by atoms with Crippen molar-refractivity contribution in [1.82, 2.24) is 30.6 Å². The number of anilines is 2. The quantitative estimate of drug-likeness (QED) is 0.257. The SMILES string of the molecule is Nc1ccc(CNCC2CCN(c3nccc(/C=C4\SC(=O)NC4=O)n3)CC2)c(-c2ccc3[nH]ccc3c2)n1. The highest BCUT2D eigenvalue weighted by Gasteiger charge is 2.26. The van der Waals surface area contributed by atoms with Crippen molar-refractivity contribution in [2.75, 3.05) is 30.3 Å². The predicted octanol–water partition coefficient (Wildman–Crippen LogP) is 3.93. The third kappa shape index (κ3) is 5.64. The molecule has 5 N–H and O–H groups in total. The van der Waals surface area contributed by atoms with Crippen molar-refractivity contribution >= 4 is 51.7 Å². The molecule has 10 nitrogen and oxygen atoms in total. The lowest BCUT2D eigenvalue weighted by Gasteiger charge is -2.32. The molecule has 0 unspecified atom stereocenters. The molecule has 39 heavy (non-hydrogen) atoms. The number of H-pyrrole nitrogens is 1. The smallest absolute Gasteiger partial charge is 0.290 e. The van der Waals surface area contributed by atoms with Crippen LogP contribution in [0.15, 0.2) is 59.8 Å². The number of nitrogens with two attached hydrogens (primary N) is 1. The number of pyridine rings is 1. The standard InChI is InChI=1S/C28H28N8O2S/c29-24-4-2-20(25(34-24)19-1-3-22-18(13-19)5-9-31-22)16-30-15-17-7-11-36(12-8-17)27-32-10-6-21(33-27)14-23-26(37)35-28(38)39-23/h1-6,9-10,13-14,17,30-31H,7-8,11-12,15-16H2,(H2,29,34)(H,35,37,38)/b23-14-. The third-order valence-corrected chi connectivity index (χ3v) is 7.87. The molecule has 0 bridgehead atoms. The lowest BCUT2D eigenvalue weighted by Crippen LogP contribution is -2.38. The zero-order valence-electron chi connectivity index (χ0n) is 21.2. The summed E-state index contributed by atoms with van der Waals surface area (Å²) in [6.45, 7) is 3.32. The molecule has 6 rings (SSSR count). The summed E-state index contributed by atoms with van der Waals surface area (Å²) in [7, 11) is 0. The van der Waals surface area contributed by atoms with E-state index in [0.29, 0.717) is 34.8 Å². The number of hydrogen-bond donors (Lipinski definition) is 4. The fourth-order valence-corrected chi connectivity index (χ4v) is 5.66. The minimum absolute atomic E-state index is 0.346. The van der Waals surface area contributed by atoms with E-state index in [-0.39, 0.29) is 11.1 Å². The fourth-order valence-electron chi connectivity index (χ4n) is 4.99. The van der Waals surface area contributed by atoms with Crippen molar-refractivity contribution in [2.24, 2.45) is 5.92 Å². The van der Waals surface area contributed by atoms with Gasteiger partial charge in [-0.25, -0.2) is 15.0 Å². The first-order valence-corrected chi connectivity index (χ1v) is 13.7. The third-order valence-electron chi connectivity index (χ3n) is 7.06. The molecule has 0 saturated carbocycles. The van der Waals surface area contributed by atoms with Crippen molar-refractivity contribution < 1.29 is 9.59 Å². The highest BCUT2D eigenvalue weighted by atomic mass is 32.2. The molecule has 1 aromatic carbocycles. The van der Waals surface area contributed by atoms with Gasteiger partial charge >= 0.3 is 0 Å². The molecular formula is C28H28N8O2S. The molecule has 2 saturated heterocycles. The largest absolute Gasteiger partial charge is 0.384 e. The summed E-state index contributed by atoms with van der Waals surface area (Å²) < 4.78 is 0. The second kappa shape index (κ2) is 10.9. The molecule has 198 valence electrons. The second-order valence-electron chi connectivity index (χ2n) is 9.72. The lowest BCUT2D eigenvalue weighted by molar-refractivity contribution is -0.115. The van der Waals surface area contributed by atoms with E-state index in [9.17, 15) is 9.59 Å². The number of carbonyl (C=O) groups is 2. The normalized spacial score (nSPS) is 17.3. The van der Waals surface area contributed by atoms with Gasteiger partial charge in [-0.3, -0.25) is 14.9 Å². The molecular weight excluding hydrogens is 512 g/mol. The van der Waals surface area contributed by atoms with Crippen LogP contribution in [0.2, 0.25) is 0 Å². The van der Waals surface area contributed by atoms with Crippen LogP contribution in [0.3, 0.4) is 0 Å². The zero-order chi connectivity index (χ0) is 26.8. The van der Waals surface area contributed by atoms with Crippen LogP contribution >= 0.6 is 11.8 Å². The Balaban J connectivity index is 1.05. The zero-order valence-corrected chi connectivity index (χ0v) is 22.0. The monoisotopic (exact) mass is 540 g/mol. The van der Waals surface area contributed by atoms with Crippen LogP contribution in [0.25, 0.3) is 28.2 Å². The predicted molar refractivity (Wildman–Crippen MR) is 154 cm³/mol. The molecule has 11 heteroatoms. The van der Waals surface area contributed by atoms with Gasteiger partial charge in [-0.1, -0.05) is 12.1 Å². The Bertz CT molecular complexity index is 1570. The number of imide groups is 1. The van der Waals surface area contributed by atoms with Gasteiger partial charge < -0.3 is 20.9 Å². The Morgan fingerprint density at radius 2 is 1.97 bits per heavy atom. The van der Waals surface area contributed by atoms with Crippen molar-refractivity contribution in [3.05, 3.63) is 71.0 Å². The molecule has 0 aliphatic carbocycles. The number of nitrogen functional groups attached to an aromatic ring is 1. The van der Waals surface area contributed by atoms with Crippen LogP contribution < -0.4 is 21.3 Å². The van der Waals surface area contributed by atoms with E-state index < -0.39 is 0 Å². The summed E-state index contributed by atoms with van der Waals surface area (Å²) >= 11 is 0.886. The van der Waals surface area contributed by atoms with Crippen LogP contribution in [-0.4, -0.2) is 50.7 Å².